The van der Waals surface area contributed by atoms with Crippen molar-refractivity contribution in [1.82, 2.24) is 10.2 Å². The van der Waals surface area contributed by atoms with Crippen LogP contribution in [0.4, 0.5) is 15.8 Å². The Morgan fingerprint density at radius 3 is 2.15 bits per heavy atom. The average molecular weight is 571 g/mol. The number of hydrogen-bond donors (Lipinski definition) is 1. The molecule has 0 radical (unpaired) electrons. The van der Waals surface area contributed by atoms with Crippen LogP contribution in [0, 0.1) is 15.9 Å². The third-order valence-corrected chi connectivity index (χ3v) is 8.21. The van der Waals surface area contributed by atoms with Crippen molar-refractivity contribution >= 4 is 33.2 Å². The maximum Gasteiger partial charge on any atom is 0.269 e. The van der Waals surface area contributed by atoms with Crippen molar-refractivity contribution < 1.29 is 27.3 Å². The number of hydrogen-bond acceptors (Lipinski definition) is 6. The molecule has 0 saturated heterocycles. The van der Waals surface area contributed by atoms with Crippen LogP contribution in [0.2, 0.25) is 0 Å². The van der Waals surface area contributed by atoms with Crippen molar-refractivity contribution in [2.24, 2.45) is 0 Å². The van der Waals surface area contributed by atoms with Gasteiger partial charge in [-0.05, 0) is 50.6 Å². The number of sulfonamides is 1. The van der Waals surface area contributed by atoms with Crippen molar-refractivity contribution in [2.45, 2.75) is 50.7 Å². The van der Waals surface area contributed by atoms with E-state index in [4.69, 9.17) is 0 Å². The molecule has 3 aromatic carbocycles. The summed E-state index contributed by atoms with van der Waals surface area (Å²) in [5.41, 5.74) is -0.110. The van der Waals surface area contributed by atoms with E-state index in [-0.39, 0.29) is 34.4 Å². The van der Waals surface area contributed by atoms with Gasteiger partial charge in [-0.15, -0.1) is 0 Å². The molecule has 0 aliphatic carbocycles. The van der Waals surface area contributed by atoms with Gasteiger partial charge in [0.05, 0.1) is 15.5 Å². The number of carbonyl (C=O) groups excluding carboxylic acids is 2. The lowest BCUT2D eigenvalue weighted by molar-refractivity contribution is -0.384. The summed E-state index contributed by atoms with van der Waals surface area (Å²) in [6.45, 7) is 4.13. The molecule has 0 saturated carbocycles. The van der Waals surface area contributed by atoms with Crippen LogP contribution in [-0.4, -0.2) is 48.7 Å². The summed E-state index contributed by atoms with van der Waals surface area (Å²) in [4.78, 5) is 38.4. The fourth-order valence-electron chi connectivity index (χ4n) is 3.85. The fraction of sp³-hybridized carbons (Fsp3) is 0.286. The van der Waals surface area contributed by atoms with E-state index >= 15 is 0 Å². The van der Waals surface area contributed by atoms with E-state index in [1.807, 2.05) is 6.92 Å². The van der Waals surface area contributed by atoms with Crippen molar-refractivity contribution in [3.8, 4) is 0 Å². The molecule has 40 heavy (non-hydrogen) atoms. The minimum atomic E-state index is -4.32. The lowest BCUT2D eigenvalue weighted by atomic mass is 10.1. The van der Waals surface area contributed by atoms with Gasteiger partial charge in [0.25, 0.3) is 15.7 Å². The molecular formula is C28H31FN4O6S. The summed E-state index contributed by atoms with van der Waals surface area (Å²) in [6.07, 6.45) is 0.642. The molecule has 0 aromatic heterocycles. The first kappa shape index (κ1) is 30.2. The van der Waals surface area contributed by atoms with Gasteiger partial charge in [-0.25, -0.2) is 12.8 Å². The fourth-order valence-corrected chi connectivity index (χ4v) is 5.28. The highest BCUT2D eigenvalue weighted by Gasteiger charge is 2.33. The molecule has 12 heteroatoms. The zero-order valence-corrected chi connectivity index (χ0v) is 23.2. The van der Waals surface area contributed by atoms with Crippen molar-refractivity contribution in [3.05, 3.63) is 100 Å². The number of nitro benzene ring substituents is 1. The van der Waals surface area contributed by atoms with Gasteiger partial charge in [-0.3, -0.25) is 24.0 Å². The second-order valence-electron chi connectivity index (χ2n) is 9.21. The minimum absolute atomic E-state index is 0.00496. The number of non-ortho nitro benzene ring substituents is 1. The number of nitrogens with zero attached hydrogens (tertiary/aromatic N) is 3. The Morgan fingerprint density at radius 1 is 0.975 bits per heavy atom. The molecule has 0 aliphatic heterocycles. The second kappa shape index (κ2) is 13.2. The van der Waals surface area contributed by atoms with E-state index in [9.17, 15) is 32.5 Å². The highest BCUT2D eigenvalue weighted by molar-refractivity contribution is 7.92. The van der Waals surface area contributed by atoms with E-state index < -0.39 is 45.2 Å². The van der Waals surface area contributed by atoms with Crippen LogP contribution >= 0.6 is 0 Å². The zero-order valence-electron chi connectivity index (χ0n) is 22.4. The Kier molecular flexibility index (Phi) is 9.94. The van der Waals surface area contributed by atoms with Crippen molar-refractivity contribution in [2.75, 3.05) is 10.8 Å². The molecule has 212 valence electrons. The van der Waals surface area contributed by atoms with Crippen LogP contribution in [0.3, 0.4) is 0 Å². The van der Waals surface area contributed by atoms with Crippen LogP contribution in [0.5, 0.6) is 0 Å². The van der Waals surface area contributed by atoms with Crippen LogP contribution in [-0.2, 0) is 26.2 Å². The number of benzene rings is 3. The second-order valence-corrected chi connectivity index (χ2v) is 11.1. The molecule has 3 aromatic rings. The summed E-state index contributed by atoms with van der Waals surface area (Å²) >= 11 is 0. The number of amides is 2. The van der Waals surface area contributed by atoms with E-state index in [1.165, 1.54) is 61.5 Å². The lowest BCUT2D eigenvalue weighted by Crippen LogP contribution is -2.52. The quantitative estimate of drug-likeness (QED) is 0.256. The lowest BCUT2D eigenvalue weighted by Gasteiger charge is -2.32. The molecule has 1 N–H and O–H groups in total. The Bertz CT molecular complexity index is 1450. The molecule has 3 rings (SSSR count). The maximum atomic E-state index is 14.6. The van der Waals surface area contributed by atoms with Crippen molar-refractivity contribution in [3.63, 3.8) is 0 Å². The first-order valence-electron chi connectivity index (χ1n) is 12.6. The minimum Gasteiger partial charge on any atom is -0.352 e. The topological polar surface area (TPSA) is 130 Å². The summed E-state index contributed by atoms with van der Waals surface area (Å²) < 4.78 is 42.8. The SMILES string of the molecule is CCC(C)NC(=O)C(C)N(Cc1ccccc1F)C(=O)CN(c1ccc([N+](=O)[O-])cc1)S(=O)(=O)c1ccccc1. The van der Waals surface area contributed by atoms with E-state index in [0.29, 0.717) is 6.42 Å². The number of anilines is 1. The number of rotatable bonds is 12. The standard InChI is InChI=1S/C28H31FN4O6S/c1-4-20(2)30-28(35)21(3)31(18-22-10-8-9-13-26(22)29)27(34)19-32(23-14-16-24(17-15-23)33(36)37)40(38,39)25-11-6-5-7-12-25/h5-17,20-21H,4,18-19H2,1-3H3,(H,30,35). The maximum absolute atomic E-state index is 14.6. The van der Waals surface area contributed by atoms with Gasteiger partial charge in [0.1, 0.15) is 18.4 Å². The number of nitro groups is 1. The highest BCUT2D eigenvalue weighted by Crippen LogP contribution is 2.26. The monoisotopic (exact) mass is 570 g/mol. The molecule has 2 atom stereocenters. The number of carbonyl (C=O) groups is 2. The van der Waals surface area contributed by atoms with E-state index in [2.05, 4.69) is 5.32 Å². The Morgan fingerprint density at radius 2 is 1.57 bits per heavy atom. The molecule has 0 aliphatic rings. The van der Waals surface area contributed by atoms with Crippen LogP contribution in [0.25, 0.3) is 0 Å². The summed E-state index contributed by atoms with van der Waals surface area (Å²) in [6, 6.07) is 16.6. The highest BCUT2D eigenvalue weighted by atomic mass is 32.2. The summed E-state index contributed by atoms with van der Waals surface area (Å²) in [5, 5.41) is 14.0. The molecule has 2 unspecified atom stereocenters. The summed E-state index contributed by atoms with van der Waals surface area (Å²) in [7, 11) is -4.32. The van der Waals surface area contributed by atoms with E-state index in [1.54, 1.807) is 19.1 Å². The molecule has 0 fully saturated rings. The number of nitrogens with one attached hydrogen (secondary N) is 1. The first-order valence-corrected chi connectivity index (χ1v) is 14.0. The molecule has 0 bridgehead atoms. The largest absolute Gasteiger partial charge is 0.352 e. The Labute approximate surface area is 232 Å². The van der Waals surface area contributed by atoms with Crippen molar-refractivity contribution in [1.29, 1.82) is 0 Å². The molecular weight excluding hydrogens is 539 g/mol. The average Bonchev–Trinajstić information content (AvgIpc) is 2.95. The molecule has 0 spiro atoms. The predicted octanol–water partition coefficient (Wildman–Crippen LogP) is 4.26. The van der Waals surface area contributed by atoms with Gasteiger partial charge in [-0.2, -0.15) is 0 Å². The third-order valence-electron chi connectivity index (χ3n) is 6.43. The molecule has 2 amide bonds. The normalized spacial score (nSPS) is 12.7. The van der Waals surface area contributed by atoms with Crippen LogP contribution in [0.1, 0.15) is 32.8 Å². The van der Waals surface area contributed by atoms with Gasteiger partial charge in [-0.1, -0.05) is 43.3 Å². The van der Waals surface area contributed by atoms with Gasteiger partial charge < -0.3 is 10.2 Å². The number of halogens is 1. The Hall–Kier alpha value is -4.32. The molecule has 10 nitrogen and oxygen atoms in total. The molecule has 0 heterocycles. The predicted molar refractivity (Wildman–Crippen MR) is 148 cm³/mol. The van der Waals surface area contributed by atoms with Gasteiger partial charge in [0, 0.05) is 30.3 Å². The smallest absolute Gasteiger partial charge is 0.269 e. The Balaban J connectivity index is 2.04. The summed E-state index contributed by atoms with van der Waals surface area (Å²) in [5.74, 6) is -1.83. The third kappa shape index (κ3) is 7.20. The van der Waals surface area contributed by atoms with Gasteiger partial charge in [0.2, 0.25) is 11.8 Å². The van der Waals surface area contributed by atoms with E-state index in [0.717, 1.165) is 21.3 Å². The zero-order chi connectivity index (χ0) is 29.4. The van der Waals surface area contributed by atoms with Gasteiger partial charge >= 0.3 is 0 Å². The van der Waals surface area contributed by atoms with Crippen LogP contribution in [0.15, 0.2) is 83.8 Å². The van der Waals surface area contributed by atoms with Gasteiger partial charge in [0.15, 0.2) is 0 Å². The van der Waals surface area contributed by atoms with Crippen LogP contribution < -0.4 is 9.62 Å². The first-order chi connectivity index (χ1) is 18.9.